The van der Waals surface area contributed by atoms with Crippen molar-refractivity contribution in [2.45, 2.75) is 83.3 Å². The molecule has 3 rings (SSSR count). The van der Waals surface area contributed by atoms with Gasteiger partial charge < -0.3 is 20.1 Å². The minimum atomic E-state index is -0.434. The zero-order valence-electron chi connectivity index (χ0n) is 17.5. The maximum Gasteiger partial charge on any atom is 0.224 e. The smallest absolute Gasteiger partial charge is 0.224 e. The van der Waals surface area contributed by atoms with E-state index in [0.29, 0.717) is 38.5 Å². The number of unbranched alkanes of at least 4 members (excludes halogenated alkanes) is 1. The van der Waals surface area contributed by atoms with Crippen molar-refractivity contribution in [3.63, 3.8) is 0 Å². The number of amides is 2. The number of fused-ring (bicyclic) bond motifs is 1. The second-order valence-corrected chi connectivity index (χ2v) is 8.22. The average Bonchev–Trinajstić information content (AvgIpc) is 3.25. The molecule has 6 heteroatoms. The quantitative estimate of drug-likeness (QED) is 0.586. The first kappa shape index (κ1) is 21.6. The maximum absolute atomic E-state index is 12.7. The Balaban J connectivity index is 1.41. The van der Waals surface area contributed by atoms with Crippen LogP contribution in [0, 0.1) is 0 Å². The zero-order chi connectivity index (χ0) is 20.6. The highest BCUT2D eigenvalue weighted by Gasteiger charge is 2.27. The molecule has 0 saturated heterocycles. The number of hydrogen-bond donors (Lipinski definition) is 2. The largest absolute Gasteiger partial charge is 0.494 e. The Morgan fingerprint density at radius 2 is 2.07 bits per heavy atom. The number of carbonyl (C=O) groups is 2. The van der Waals surface area contributed by atoms with Crippen LogP contribution in [0.3, 0.4) is 0 Å². The van der Waals surface area contributed by atoms with Crippen LogP contribution in [0.1, 0.15) is 70.3 Å². The lowest BCUT2D eigenvalue weighted by atomic mass is 10.0. The van der Waals surface area contributed by atoms with Crippen LogP contribution in [0.25, 0.3) is 0 Å². The topological polar surface area (TPSA) is 78.9 Å². The van der Waals surface area contributed by atoms with E-state index in [2.05, 4.69) is 5.32 Å². The molecular weight excluding hydrogens is 368 g/mol. The van der Waals surface area contributed by atoms with E-state index < -0.39 is 6.10 Å². The number of hydrogen-bond acceptors (Lipinski definition) is 4. The van der Waals surface area contributed by atoms with Crippen molar-refractivity contribution < 1.29 is 19.4 Å². The van der Waals surface area contributed by atoms with E-state index >= 15 is 0 Å². The summed E-state index contributed by atoms with van der Waals surface area (Å²) in [6.07, 6.45) is 8.08. The van der Waals surface area contributed by atoms with E-state index in [9.17, 15) is 14.7 Å². The number of aliphatic hydroxyl groups is 1. The van der Waals surface area contributed by atoms with Gasteiger partial charge in [0, 0.05) is 31.1 Å². The summed E-state index contributed by atoms with van der Waals surface area (Å²) >= 11 is 0. The number of aryl methyl sites for hydroxylation is 1. The van der Waals surface area contributed by atoms with Crippen molar-refractivity contribution in [1.82, 2.24) is 4.90 Å². The Kier molecular flexibility index (Phi) is 7.92. The number of carbonyl (C=O) groups excluding carboxylic acids is 2. The highest BCUT2D eigenvalue weighted by Crippen LogP contribution is 2.27. The predicted molar refractivity (Wildman–Crippen MR) is 113 cm³/mol. The van der Waals surface area contributed by atoms with Gasteiger partial charge in [0.05, 0.1) is 12.7 Å². The van der Waals surface area contributed by atoms with Gasteiger partial charge in [-0.15, -0.1) is 0 Å². The minimum absolute atomic E-state index is 0.0638. The summed E-state index contributed by atoms with van der Waals surface area (Å²) in [6, 6.07) is 6.07. The van der Waals surface area contributed by atoms with Gasteiger partial charge in [-0.2, -0.15) is 0 Å². The number of rotatable bonds is 10. The lowest BCUT2D eigenvalue weighted by molar-refractivity contribution is -0.135. The van der Waals surface area contributed by atoms with Crippen LogP contribution >= 0.6 is 0 Å². The molecule has 2 aliphatic rings. The first-order valence-electron chi connectivity index (χ1n) is 11.1. The molecule has 0 bridgehead atoms. The molecule has 1 saturated carbocycles. The third-order valence-electron chi connectivity index (χ3n) is 5.99. The fourth-order valence-electron chi connectivity index (χ4n) is 4.19. The van der Waals surface area contributed by atoms with Crippen LogP contribution in [0.2, 0.25) is 0 Å². The highest BCUT2D eigenvalue weighted by molar-refractivity contribution is 5.94. The van der Waals surface area contributed by atoms with Gasteiger partial charge in [0.1, 0.15) is 5.75 Å². The van der Waals surface area contributed by atoms with Gasteiger partial charge in [-0.05, 0) is 62.3 Å². The molecule has 1 aliphatic heterocycles. The van der Waals surface area contributed by atoms with Gasteiger partial charge in [0.25, 0.3) is 0 Å². The molecule has 0 spiro atoms. The second kappa shape index (κ2) is 10.6. The third-order valence-corrected chi connectivity index (χ3v) is 5.99. The standard InChI is InChI=1S/C23H34N2O4/c1-2-19(26)16-25(18-7-3-4-8-18)23(28)9-5-6-14-29-20-11-12-21-17(15-20)10-13-22(27)24-21/h11-12,15,18-19,26H,2-10,13-14,16H2,1H3,(H,24,27). The van der Waals surface area contributed by atoms with E-state index in [4.69, 9.17) is 4.74 Å². The van der Waals surface area contributed by atoms with Crippen molar-refractivity contribution in [3.05, 3.63) is 23.8 Å². The molecule has 29 heavy (non-hydrogen) atoms. The van der Waals surface area contributed by atoms with E-state index in [1.165, 1.54) is 12.8 Å². The van der Waals surface area contributed by atoms with Crippen LogP contribution in [0.5, 0.6) is 5.75 Å². The van der Waals surface area contributed by atoms with Crippen LogP contribution < -0.4 is 10.1 Å². The van der Waals surface area contributed by atoms with E-state index in [-0.39, 0.29) is 11.8 Å². The number of benzene rings is 1. The van der Waals surface area contributed by atoms with Crippen molar-refractivity contribution in [1.29, 1.82) is 0 Å². The van der Waals surface area contributed by atoms with Crippen molar-refractivity contribution in [3.8, 4) is 5.75 Å². The Morgan fingerprint density at radius 3 is 2.83 bits per heavy atom. The summed E-state index contributed by atoms with van der Waals surface area (Å²) < 4.78 is 5.85. The molecule has 1 unspecified atom stereocenters. The zero-order valence-corrected chi connectivity index (χ0v) is 17.5. The van der Waals surface area contributed by atoms with E-state index in [1.54, 1.807) is 0 Å². The number of anilines is 1. The van der Waals surface area contributed by atoms with Crippen LogP contribution in [-0.2, 0) is 16.0 Å². The summed E-state index contributed by atoms with van der Waals surface area (Å²) in [6.45, 7) is 2.98. The molecular formula is C23H34N2O4. The van der Waals surface area contributed by atoms with Gasteiger partial charge >= 0.3 is 0 Å². The van der Waals surface area contributed by atoms with Crippen LogP contribution in [0.4, 0.5) is 5.69 Å². The monoisotopic (exact) mass is 402 g/mol. The summed E-state index contributed by atoms with van der Waals surface area (Å²) in [5.41, 5.74) is 1.99. The number of nitrogens with zero attached hydrogens (tertiary/aromatic N) is 1. The van der Waals surface area contributed by atoms with Gasteiger partial charge in [-0.3, -0.25) is 9.59 Å². The second-order valence-electron chi connectivity index (χ2n) is 8.22. The Bertz CT molecular complexity index is 700. The first-order valence-corrected chi connectivity index (χ1v) is 11.1. The van der Waals surface area contributed by atoms with Crippen molar-refractivity contribution >= 4 is 17.5 Å². The molecule has 1 aromatic carbocycles. The Morgan fingerprint density at radius 1 is 1.28 bits per heavy atom. The fraction of sp³-hybridized carbons (Fsp3) is 0.652. The minimum Gasteiger partial charge on any atom is -0.494 e. The fourth-order valence-corrected chi connectivity index (χ4v) is 4.19. The lowest BCUT2D eigenvalue weighted by Gasteiger charge is -2.31. The van der Waals surface area contributed by atoms with Gasteiger partial charge in [0.2, 0.25) is 11.8 Å². The van der Waals surface area contributed by atoms with Crippen molar-refractivity contribution in [2.75, 3.05) is 18.5 Å². The Hall–Kier alpha value is -2.08. The number of aliphatic hydroxyl groups excluding tert-OH is 1. The Labute approximate surface area is 173 Å². The summed E-state index contributed by atoms with van der Waals surface area (Å²) in [5, 5.41) is 12.9. The molecule has 0 aromatic heterocycles. The highest BCUT2D eigenvalue weighted by atomic mass is 16.5. The van der Waals surface area contributed by atoms with Gasteiger partial charge in [-0.25, -0.2) is 0 Å². The molecule has 1 aromatic rings. The summed E-state index contributed by atoms with van der Waals surface area (Å²) in [4.78, 5) is 26.1. The predicted octanol–water partition coefficient (Wildman–Crippen LogP) is 3.66. The van der Waals surface area contributed by atoms with Crippen LogP contribution in [-0.4, -0.2) is 47.1 Å². The van der Waals surface area contributed by atoms with Crippen molar-refractivity contribution in [2.24, 2.45) is 0 Å². The summed E-state index contributed by atoms with van der Waals surface area (Å²) in [5.74, 6) is 1.03. The van der Waals surface area contributed by atoms with Crippen LogP contribution in [0.15, 0.2) is 18.2 Å². The third kappa shape index (κ3) is 6.20. The molecule has 2 N–H and O–H groups in total. The molecule has 0 radical (unpaired) electrons. The molecule has 2 amide bonds. The number of nitrogens with one attached hydrogen (secondary N) is 1. The lowest BCUT2D eigenvalue weighted by Crippen LogP contribution is -2.43. The molecule has 1 aliphatic carbocycles. The molecule has 1 fully saturated rings. The van der Waals surface area contributed by atoms with Gasteiger partial charge in [-0.1, -0.05) is 19.8 Å². The number of ether oxygens (including phenoxy) is 1. The molecule has 160 valence electrons. The SMILES string of the molecule is CCC(O)CN(C(=O)CCCCOc1ccc2c(c1)CCC(=O)N2)C1CCCC1. The molecule has 1 atom stereocenters. The molecule has 1 heterocycles. The molecule has 6 nitrogen and oxygen atoms in total. The first-order chi connectivity index (χ1) is 14.1. The summed E-state index contributed by atoms with van der Waals surface area (Å²) in [7, 11) is 0. The van der Waals surface area contributed by atoms with Gasteiger partial charge in [0.15, 0.2) is 0 Å². The van der Waals surface area contributed by atoms with E-state index in [1.807, 2.05) is 30.0 Å². The normalized spacial score (nSPS) is 17.5. The van der Waals surface area contributed by atoms with E-state index in [0.717, 1.165) is 49.1 Å². The maximum atomic E-state index is 12.7. The average molecular weight is 403 g/mol.